The zero-order valence-electron chi connectivity index (χ0n) is 9.81. The van der Waals surface area contributed by atoms with E-state index < -0.39 is 0 Å². The second-order valence-electron chi connectivity index (χ2n) is 5.58. The van der Waals surface area contributed by atoms with Gasteiger partial charge >= 0.3 is 0 Å². The highest BCUT2D eigenvalue weighted by atomic mass is 35.5. The van der Waals surface area contributed by atoms with E-state index in [9.17, 15) is 4.39 Å². The van der Waals surface area contributed by atoms with Gasteiger partial charge in [-0.15, -0.1) is 0 Å². The van der Waals surface area contributed by atoms with Gasteiger partial charge in [0, 0.05) is 12.6 Å². The van der Waals surface area contributed by atoms with Crippen LogP contribution in [0.2, 0.25) is 5.02 Å². The van der Waals surface area contributed by atoms with Crippen molar-refractivity contribution in [3.05, 3.63) is 34.6 Å². The first-order valence-electron chi connectivity index (χ1n) is 6.34. The SMILES string of the molecule is Fc1cc(CC2(CNC3CC3)CC2)ccc1Cl. The number of rotatable bonds is 5. The molecule has 0 radical (unpaired) electrons. The van der Waals surface area contributed by atoms with Crippen LogP contribution in [0.1, 0.15) is 31.2 Å². The van der Waals surface area contributed by atoms with Crippen molar-refractivity contribution in [3.8, 4) is 0 Å². The van der Waals surface area contributed by atoms with Crippen molar-refractivity contribution in [1.29, 1.82) is 0 Å². The highest BCUT2D eigenvalue weighted by Crippen LogP contribution is 2.48. The van der Waals surface area contributed by atoms with Crippen molar-refractivity contribution < 1.29 is 4.39 Å². The molecule has 0 amide bonds. The van der Waals surface area contributed by atoms with E-state index in [1.54, 1.807) is 12.1 Å². The normalized spacial score (nSPS) is 21.5. The third-order valence-corrected chi connectivity index (χ3v) is 4.17. The Morgan fingerprint density at radius 2 is 2.12 bits per heavy atom. The molecule has 3 rings (SSSR count). The van der Waals surface area contributed by atoms with Gasteiger partial charge in [-0.3, -0.25) is 0 Å². The maximum atomic E-state index is 13.4. The fraction of sp³-hybridized carbons (Fsp3) is 0.571. The molecule has 92 valence electrons. The van der Waals surface area contributed by atoms with Crippen LogP contribution in [-0.2, 0) is 6.42 Å². The van der Waals surface area contributed by atoms with E-state index in [1.807, 2.05) is 6.07 Å². The molecule has 0 saturated heterocycles. The maximum absolute atomic E-state index is 13.4. The summed E-state index contributed by atoms with van der Waals surface area (Å²) in [5.41, 5.74) is 1.46. The molecule has 3 heteroatoms. The van der Waals surface area contributed by atoms with Crippen LogP contribution in [0.4, 0.5) is 4.39 Å². The van der Waals surface area contributed by atoms with Gasteiger partial charge in [-0.05, 0) is 55.2 Å². The number of hydrogen-bond donors (Lipinski definition) is 1. The summed E-state index contributed by atoms with van der Waals surface area (Å²) in [7, 11) is 0. The zero-order valence-corrected chi connectivity index (χ0v) is 10.6. The van der Waals surface area contributed by atoms with Crippen molar-refractivity contribution in [3.63, 3.8) is 0 Å². The van der Waals surface area contributed by atoms with E-state index in [1.165, 1.54) is 25.7 Å². The lowest BCUT2D eigenvalue weighted by Crippen LogP contribution is -2.27. The van der Waals surface area contributed by atoms with E-state index in [-0.39, 0.29) is 10.8 Å². The summed E-state index contributed by atoms with van der Waals surface area (Å²) >= 11 is 5.69. The second-order valence-corrected chi connectivity index (χ2v) is 5.99. The van der Waals surface area contributed by atoms with E-state index in [4.69, 9.17) is 11.6 Å². The first-order valence-corrected chi connectivity index (χ1v) is 6.72. The summed E-state index contributed by atoms with van der Waals surface area (Å²) < 4.78 is 13.4. The first-order chi connectivity index (χ1) is 8.17. The predicted molar refractivity (Wildman–Crippen MR) is 67.8 cm³/mol. The summed E-state index contributed by atoms with van der Waals surface area (Å²) in [6.07, 6.45) is 6.14. The molecule has 0 atom stereocenters. The lowest BCUT2D eigenvalue weighted by atomic mass is 9.96. The van der Waals surface area contributed by atoms with Gasteiger partial charge in [0.25, 0.3) is 0 Å². The molecule has 1 N–H and O–H groups in total. The third-order valence-electron chi connectivity index (χ3n) is 3.86. The lowest BCUT2D eigenvalue weighted by molar-refractivity contribution is 0.452. The standard InChI is InChI=1S/C14H17ClFN/c15-12-4-1-10(7-13(12)16)8-14(5-6-14)9-17-11-2-3-11/h1,4,7,11,17H,2-3,5-6,8-9H2. The molecule has 1 aromatic rings. The monoisotopic (exact) mass is 253 g/mol. The van der Waals surface area contributed by atoms with Crippen LogP contribution < -0.4 is 5.32 Å². The van der Waals surface area contributed by atoms with E-state index in [0.717, 1.165) is 24.6 Å². The molecule has 0 heterocycles. The van der Waals surface area contributed by atoms with Gasteiger partial charge in [-0.2, -0.15) is 0 Å². The van der Waals surface area contributed by atoms with Crippen molar-refractivity contribution in [1.82, 2.24) is 5.32 Å². The lowest BCUT2D eigenvalue weighted by Gasteiger charge is -2.16. The molecule has 2 aliphatic rings. The van der Waals surface area contributed by atoms with E-state index >= 15 is 0 Å². The highest BCUT2D eigenvalue weighted by Gasteiger charge is 2.43. The Morgan fingerprint density at radius 3 is 2.71 bits per heavy atom. The summed E-state index contributed by atoms with van der Waals surface area (Å²) in [5.74, 6) is -0.296. The molecule has 0 bridgehead atoms. The molecule has 0 spiro atoms. The topological polar surface area (TPSA) is 12.0 Å². The average molecular weight is 254 g/mol. The molecular formula is C14H17ClFN. The van der Waals surface area contributed by atoms with Crippen LogP contribution in [-0.4, -0.2) is 12.6 Å². The predicted octanol–water partition coefficient (Wildman–Crippen LogP) is 3.55. The molecule has 2 aliphatic carbocycles. The van der Waals surface area contributed by atoms with Crippen molar-refractivity contribution in [2.24, 2.45) is 5.41 Å². The number of halogens is 2. The fourth-order valence-corrected chi connectivity index (χ4v) is 2.44. The van der Waals surface area contributed by atoms with Crippen LogP contribution in [0.5, 0.6) is 0 Å². The zero-order chi connectivity index (χ0) is 11.9. The van der Waals surface area contributed by atoms with Crippen molar-refractivity contribution in [2.45, 2.75) is 38.1 Å². The van der Waals surface area contributed by atoms with Crippen LogP contribution in [0.3, 0.4) is 0 Å². The van der Waals surface area contributed by atoms with Gasteiger partial charge in [-0.1, -0.05) is 17.7 Å². The van der Waals surface area contributed by atoms with Gasteiger partial charge in [0.1, 0.15) is 5.82 Å². The molecule has 2 fully saturated rings. The maximum Gasteiger partial charge on any atom is 0.142 e. The molecule has 17 heavy (non-hydrogen) atoms. The van der Waals surface area contributed by atoms with E-state index in [2.05, 4.69) is 5.32 Å². The van der Waals surface area contributed by atoms with Gasteiger partial charge in [0.05, 0.1) is 5.02 Å². The summed E-state index contributed by atoms with van der Waals surface area (Å²) in [6.45, 7) is 1.09. The van der Waals surface area contributed by atoms with Crippen LogP contribution in [0.15, 0.2) is 18.2 Å². The van der Waals surface area contributed by atoms with Gasteiger partial charge in [0.15, 0.2) is 0 Å². The number of benzene rings is 1. The summed E-state index contributed by atoms with van der Waals surface area (Å²) in [4.78, 5) is 0. The minimum Gasteiger partial charge on any atom is -0.313 e. The molecule has 1 aromatic carbocycles. The molecule has 0 unspecified atom stereocenters. The van der Waals surface area contributed by atoms with Crippen LogP contribution >= 0.6 is 11.6 Å². The Balaban J connectivity index is 1.62. The smallest absolute Gasteiger partial charge is 0.142 e. The molecular weight excluding hydrogens is 237 g/mol. The Hall–Kier alpha value is -0.600. The summed E-state index contributed by atoms with van der Waals surface area (Å²) in [5, 5.41) is 3.80. The molecule has 0 aliphatic heterocycles. The third kappa shape index (κ3) is 2.80. The Morgan fingerprint density at radius 1 is 1.35 bits per heavy atom. The largest absolute Gasteiger partial charge is 0.313 e. The van der Waals surface area contributed by atoms with Crippen molar-refractivity contribution >= 4 is 11.6 Å². The Bertz CT molecular complexity index is 424. The minimum atomic E-state index is -0.296. The average Bonchev–Trinajstić information content (AvgIpc) is 3.17. The molecule has 2 saturated carbocycles. The van der Waals surface area contributed by atoms with Gasteiger partial charge in [-0.25, -0.2) is 4.39 Å². The quantitative estimate of drug-likeness (QED) is 0.846. The van der Waals surface area contributed by atoms with Gasteiger partial charge < -0.3 is 5.32 Å². The van der Waals surface area contributed by atoms with Gasteiger partial charge in [0.2, 0.25) is 0 Å². The second kappa shape index (κ2) is 4.25. The van der Waals surface area contributed by atoms with Crippen molar-refractivity contribution in [2.75, 3.05) is 6.54 Å². The molecule has 0 aromatic heterocycles. The summed E-state index contributed by atoms with van der Waals surface area (Å²) in [6, 6.07) is 5.95. The first kappa shape index (κ1) is 11.5. The Kier molecular flexibility index (Phi) is 2.87. The fourth-order valence-electron chi connectivity index (χ4n) is 2.32. The van der Waals surface area contributed by atoms with Crippen LogP contribution in [0, 0.1) is 11.2 Å². The van der Waals surface area contributed by atoms with E-state index in [0.29, 0.717) is 5.41 Å². The number of hydrogen-bond acceptors (Lipinski definition) is 1. The molecule has 1 nitrogen and oxygen atoms in total. The minimum absolute atomic E-state index is 0.217. The Labute approximate surface area is 106 Å². The van der Waals surface area contributed by atoms with Crippen LogP contribution in [0.25, 0.3) is 0 Å². The highest BCUT2D eigenvalue weighted by molar-refractivity contribution is 6.30. The number of nitrogens with one attached hydrogen (secondary N) is 1.